The van der Waals surface area contributed by atoms with E-state index in [-0.39, 0.29) is 11.6 Å². The van der Waals surface area contributed by atoms with Gasteiger partial charge < -0.3 is 10.8 Å². The molecule has 6 nitrogen and oxygen atoms in total. The minimum atomic E-state index is -1.13. The van der Waals surface area contributed by atoms with Crippen LogP contribution in [0.1, 0.15) is 10.5 Å². The molecule has 1 aromatic carbocycles. The van der Waals surface area contributed by atoms with Gasteiger partial charge in [0.05, 0.1) is 10.0 Å². The predicted octanol–water partition coefficient (Wildman–Crippen LogP) is 2.98. The van der Waals surface area contributed by atoms with Crippen molar-refractivity contribution in [3.05, 3.63) is 46.1 Å². The van der Waals surface area contributed by atoms with Crippen LogP contribution in [0.3, 0.4) is 0 Å². The van der Waals surface area contributed by atoms with Gasteiger partial charge in [-0.15, -0.1) is 5.10 Å². The lowest BCUT2D eigenvalue weighted by Crippen LogP contribution is -2.07. The number of aromatic carboxylic acids is 1. The first-order valence-corrected chi connectivity index (χ1v) is 6.57. The molecule has 8 heteroatoms. The third-order valence-electron chi connectivity index (χ3n) is 2.96. The minimum Gasteiger partial charge on any atom is -0.477 e. The quantitative estimate of drug-likeness (QED) is 0.756. The largest absolute Gasteiger partial charge is 0.477 e. The lowest BCUT2D eigenvalue weighted by Gasteiger charge is -2.08. The number of halogens is 2. The Morgan fingerprint density at radius 1 is 1.19 bits per heavy atom. The van der Waals surface area contributed by atoms with E-state index in [1.165, 1.54) is 10.6 Å². The van der Waals surface area contributed by atoms with Gasteiger partial charge in [0.1, 0.15) is 0 Å². The van der Waals surface area contributed by atoms with Crippen molar-refractivity contribution in [2.45, 2.75) is 0 Å². The summed E-state index contributed by atoms with van der Waals surface area (Å²) in [5, 5.41) is 13.8. The Morgan fingerprint density at radius 2 is 1.95 bits per heavy atom. The second-order valence-electron chi connectivity index (χ2n) is 4.24. The average molecular weight is 323 g/mol. The Kier molecular flexibility index (Phi) is 3.19. The maximum Gasteiger partial charge on any atom is 0.354 e. The summed E-state index contributed by atoms with van der Waals surface area (Å²) in [6, 6.07) is 8.18. The molecule has 21 heavy (non-hydrogen) atoms. The second-order valence-corrected chi connectivity index (χ2v) is 5.03. The molecule has 0 fully saturated rings. The molecule has 0 atom stereocenters. The minimum absolute atomic E-state index is 0.0249. The van der Waals surface area contributed by atoms with E-state index in [0.717, 1.165) is 0 Å². The molecule has 0 aliphatic carbocycles. The molecule has 3 N–H and O–H groups in total. The summed E-state index contributed by atoms with van der Waals surface area (Å²) in [4.78, 5) is 15.3. The number of pyridine rings is 1. The number of nitrogens with zero attached hydrogens (tertiary/aromatic N) is 3. The molecule has 0 bridgehead atoms. The Balaban J connectivity index is 2.37. The van der Waals surface area contributed by atoms with Gasteiger partial charge in [-0.05, 0) is 18.2 Å². The fourth-order valence-electron chi connectivity index (χ4n) is 2.06. The van der Waals surface area contributed by atoms with Crippen molar-refractivity contribution in [1.82, 2.24) is 14.6 Å². The summed E-state index contributed by atoms with van der Waals surface area (Å²) in [7, 11) is 0. The van der Waals surface area contributed by atoms with Crippen LogP contribution < -0.4 is 5.73 Å². The number of aromatic nitrogens is 3. The predicted molar refractivity (Wildman–Crippen MR) is 79.8 cm³/mol. The molecule has 0 aliphatic rings. The first-order chi connectivity index (χ1) is 9.99. The van der Waals surface area contributed by atoms with E-state index in [0.29, 0.717) is 26.8 Å². The zero-order valence-electron chi connectivity index (χ0n) is 10.4. The normalized spacial score (nSPS) is 11.0. The van der Waals surface area contributed by atoms with Crippen LogP contribution in [-0.4, -0.2) is 25.7 Å². The van der Waals surface area contributed by atoms with Gasteiger partial charge in [0, 0.05) is 11.1 Å². The van der Waals surface area contributed by atoms with Gasteiger partial charge in [-0.25, -0.2) is 9.31 Å². The number of carboxylic acid groups (broad SMARTS) is 1. The molecule has 2 heterocycles. The maximum atomic E-state index is 11.2. The van der Waals surface area contributed by atoms with Crippen LogP contribution in [0.25, 0.3) is 16.8 Å². The Hall–Kier alpha value is -2.31. The Labute approximate surface area is 128 Å². The molecular weight excluding hydrogens is 315 g/mol. The van der Waals surface area contributed by atoms with E-state index in [9.17, 15) is 9.90 Å². The highest BCUT2D eigenvalue weighted by Crippen LogP contribution is 2.35. The van der Waals surface area contributed by atoms with Gasteiger partial charge in [0.15, 0.2) is 11.3 Å². The summed E-state index contributed by atoms with van der Waals surface area (Å²) in [5.74, 6) is -1.16. The number of hydrogen-bond donors (Lipinski definition) is 2. The Morgan fingerprint density at radius 3 is 2.67 bits per heavy atom. The molecule has 0 unspecified atom stereocenters. The monoisotopic (exact) mass is 322 g/mol. The fourth-order valence-corrected chi connectivity index (χ4v) is 2.46. The SMILES string of the molecule is Nc1nc2c(-c3cccc(Cl)c3Cl)ccc(C(=O)O)n2n1. The molecule has 106 valence electrons. The average Bonchev–Trinajstić information content (AvgIpc) is 2.82. The summed E-state index contributed by atoms with van der Waals surface area (Å²) >= 11 is 12.2. The van der Waals surface area contributed by atoms with Crippen LogP contribution in [0.5, 0.6) is 0 Å². The van der Waals surface area contributed by atoms with Crippen molar-refractivity contribution >= 4 is 40.8 Å². The zero-order valence-corrected chi connectivity index (χ0v) is 11.9. The number of nitrogen functional groups attached to an aromatic ring is 1. The third-order valence-corrected chi connectivity index (χ3v) is 3.78. The van der Waals surface area contributed by atoms with Crippen molar-refractivity contribution in [3.8, 4) is 11.1 Å². The van der Waals surface area contributed by atoms with E-state index in [1.807, 2.05) is 0 Å². The standard InChI is InChI=1S/C13H8Cl2N4O2/c14-8-3-1-2-6(10(8)15)7-4-5-9(12(20)21)19-11(7)17-13(16)18-19/h1-5H,(H2,16,18)(H,20,21). The summed E-state index contributed by atoms with van der Waals surface area (Å²) in [6.07, 6.45) is 0. The van der Waals surface area contributed by atoms with E-state index >= 15 is 0 Å². The topological polar surface area (TPSA) is 93.5 Å². The summed E-state index contributed by atoms with van der Waals surface area (Å²) in [6.45, 7) is 0. The molecular formula is C13H8Cl2N4O2. The number of hydrogen-bond acceptors (Lipinski definition) is 4. The van der Waals surface area contributed by atoms with Crippen LogP contribution in [-0.2, 0) is 0 Å². The molecule has 0 aliphatic heterocycles. The van der Waals surface area contributed by atoms with Gasteiger partial charge in [-0.3, -0.25) is 0 Å². The molecule has 0 saturated carbocycles. The van der Waals surface area contributed by atoms with Crippen LogP contribution in [0.15, 0.2) is 30.3 Å². The van der Waals surface area contributed by atoms with Crippen LogP contribution >= 0.6 is 23.2 Å². The number of fused-ring (bicyclic) bond motifs is 1. The molecule has 3 aromatic rings. The molecule has 0 spiro atoms. The highest BCUT2D eigenvalue weighted by Gasteiger charge is 2.18. The van der Waals surface area contributed by atoms with E-state index in [2.05, 4.69) is 10.1 Å². The van der Waals surface area contributed by atoms with Gasteiger partial charge in [-0.2, -0.15) is 4.98 Å². The maximum absolute atomic E-state index is 11.2. The van der Waals surface area contributed by atoms with Gasteiger partial charge in [0.25, 0.3) is 0 Å². The van der Waals surface area contributed by atoms with Crippen LogP contribution in [0, 0.1) is 0 Å². The van der Waals surface area contributed by atoms with Gasteiger partial charge in [0.2, 0.25) is 5.95 Å². The number of carbonyl (C=O) groups is 1. The smallest absolute Gasteiger partial charge is 0.354 e. The van der Waals surface area contributed by atoms with Crippen molar-refractivity contribution < 1.29 is 9.90 Å². The molecule has 0 radical (unpaired) electrons. The van der Waals surface area contributed by atoms with E-state index in [1.54, 1.807) is 24.3 Å². The second kappa shape index (κ2) is 4.91. The van der Waals surface area contributed by atoms with Crippen LogP contribution in [0.2, 0.25) is 10.0 Å². The summed E-state index contributed by atoms with van der Waals surface area (Å²) in [5.41, 5.74) is 7.05. The summed E-state index contributed by atoms with van der Waals surface area (Å²) < 4.78 is 1.17. The number of nitrogens with two attached hydrogens (primary N) is 1. The molecule has 0 saturated heterocycles. The zero-order chi connectivity index (χ0) is 15.1. The third kappa shape index (κ3) is 2.18. The number of anilines is 1. The fraction of sp³-hybridized carbons (Fsp3) is 0. The van der Waals surface area contributed by atoms with E-state index in [4.69, 9.17) is 28.9 Å². The highest BCUT2D eigenvalue weighted by molar-refractivity contribution is 6.43. The van der Waals surface area contributed by atoms with Crippen molar-refractivity contribution in [2.75, 3.05) is 5.73 Å². The molecule has 3 rings (SSSR count). The number of rotatable bonds is 2. The highest BCUT2D eigenvalue weighted by atomic mass is 35.5. The Bertz CT molecular complexity index is 876. The van der Waals surface area contributed by atoms with Crippen molar-refractivity contribution in [2.24, 2.45) is 0 Å². The van der Waals surface area contributed by atoms with Gasteiger partial charge >= 0.3 is 5.97 Å². The van der Waals surface area contributed by atoms with Crippen molar-refractivity contribution in [1.29, 1.82) is 0 Å². The molecule has 2 aromatic heterocycles. The number of carboxylic acids is 1. The lowest BCUT2D eigenvalue weighted by molar-refractivity contribution is 0.0687. The van der Waals surface area contributed by atoms with E-state index < -0.39 is 5.97 Å². The molecule has 0 amide bonds. The first-order valence-electron chi connectivity index (χ1n) is 5.82. The number of benzene rings is 1. The lowest BCUT2D eigenvalue weighted by atomic mass is 10.1. The first kappa shape index (κ1) is 13.7. The van der Waals surface area contributed by atoms with Crippen LogP contribution in [0.4, 0.5) is 5.95 Å². The van der Waals surface area contributed by atoms with Gasteiger partial charge in [-0.1, -0.05) is 35.3 Å². The van der Waals surface area contributed by atoms with Crippen molar-refractivity contribution in [3.63, 3.8) is 0 Å².